The lowest BCUT2D eigenvalue weighted by Gasteiger charge is -2.36. The molecule has 96 valence electrons. The van der Waals surface area contributed by atoms with Crippen LogP contribution in [0.3, 0.4) is 0 Å². The number of nitrogens with two attached hydrogens (primary N) is 1. The first kappa shape index (κ1) is 13.5. The number of thiophene rings is 1. The highest BCUT2D eigenvalue weighted by Crippen LogP contribution is 2.41. The molecule has 0 aromatic carbocycles. The highest BCUT2D eigenvalue weighted by atomic mass is 79.9. The Labute approximate surface area is 116 Å². The Hall–Kier alpha value is 0.1000. The third-order valence-corrected chi connectivity index (χ3v) is 5.96. The molecule has 1 aromatic heterocycles. The molecular weight excluding hydrogens is 296 g/mol. The number of hydrazine groups is 1. The molecule has 3 N–H and O–H groups in total. The zero-order valence-electron chi connectivity index (χ0n) is 10.4. The predicted molar refractivity (Wildman–Crippen MR) is 77.8 cm³/mol. The van der Waals surface area contributed by atoms with E-state index < -0.39 is 0 Å². The van der Waals surface area contributed by atoms with Gasteiger partial charge in [-0.1, -0.05) is 20.3 Å². The van der Waals surface area contributed by atoms with Crippen LogP contribution in [0.25, 0.3) is 0 Å². The number of nitrogens with one attached hydrogen (secondary N) is 1. The lowest BCUT2D eigenvalue weighted by atomic mass is 9.73. The maximum absolute atomic E-state index is 5.77. The van der Waals surface area contributed by atoms with Crippen molar-refractivity contribution >= 4 is 27.3 Å². The van der Waals surface area contributed by atoms with Crippen LogP contribution in [-0.2, 0) is 0 Å². The van der Waals surface area contributed by atoms with Gasteiger partial charge in [-0.3, -0.25) is 11.3 Å². The average Bonchev–Trinajstić information content (AvgIpc) is 2.71. The van der Waals surface area contributed by atoms with E-state index in [9.17, 15) is 0 Å². The number of rotatable bonds is 3. The van der Waals surface area contributed by atoms with E-state index in [0.717, 1.165) is 16.3 Å². The van der Waals surface area contributed by atoms with Gasteiger partial charge in [0.2, 0.25) is 0 Å². The monoisotopic (exact) mass is 316 g/mol. The van der Waals surface area contributed by atoms with Crippen LogP contribution in [0, 0.1) is 17.8 Å². The minimum Gasteiger partial charge on any atom is -0.271 e. The number of hydrogen-bond acceptors (Lipinski definition) is 3. The van der Waals surface area contributed by atoms with Crippen molar-refractivity contribution in [1.82, 2.24) is 5.43 Å². The van der Waals surface area contributed by atoms with E-state index >= 15 is 0 Å². The molecule has 17 heavy (non-hydrogen) atoms. The molecule has 0 amide bonds. The fraction of sp³-hybridized carbons (Fsp3) is 0.692. The van der Waals surface area contributed by atoms with Crippen molar-refractivity contribution in [2.75, 3.05) is 0 Å². The third kappa shape index (κ3) is 3.11. The molecule has 0 saturated heterocycles. The minimum atomic E-state index is 0.321. The quantitative estimate of drug-likeness (QED) is 0.651. The zero-order chi connectivity index (χ0) is 12.4. The number of hydrogen-bond donors (Lipinski definition) is 2. The second-order valence-electron chi connectivity index (χ2n) is 5.34. The lowest BCUT2D eigenvalue weighted by molar-refractivity contribution is 0.172. The second-order valence-corrected chi connectivity index (χ2v) is 7.20. The Balaban J connectivity index is 2.08. The van der Waals surface area contributed by atoms with Gasteiger partial charge in [0.05, 0.1) is 6.04 Å². The molecule has 1 aromatic rings. The van der Waals surface area contributed by atoms with Gasteiger partial charge >= 0.3 is 0 Å². The summed E-state index contributed by atoms with van der Waals surface area (Å²) in [5.41, 5.74) is 3.03. The van der Waals surface area contributed by atoms with E-state index in [-0.39, 0.29) is 0 Å². The van der Waals surface area contributed by atoms with Gasteiger partial charge in [0.1, 0.15) is 0 Å². The molecule has 0 aliphatic heterocycles. The molecule has 2 rings (SSSR count). The van der Waals surface area contributed by atoms with Crippen LogP contribution in [0.1, 0.15) is 44.0 Å². The summed E-state index contributed by atoms with van der Waals surface area (Å²) >= 11 is 5.31. The van der Waals surface area contributed by atoms with Gasteiger partial charge in [0, 0.05) is 14.7 Å². The van der Waals surface area contributed by atoms with Gasteiger partial charge in [0.15, 0.2) is 0 Å². The molecule has 1 saturated carbocycles. The maximum atomic E-state index is 5.77. The van der Waals surface area contributed by atoms with Crippen LogP contribution in [-0.4, -0.2) is 0 Å². The fourth-order valence-corrected chi connectivity index (χ4v) is 4.43. The summed E-state index contributed by atoms with van der Waals surface area (Å²) < 4.78 is 1.16. The second kappa shape index (κ2) is 5.83. The lowest BCUT2D eigenvalue weighted by Crippen LogP contribution is -2.36. The van der Waals surface area contributed by atoms with Crippen molar-refractivity contribution in [2.24, 2.45) is 23.6 Å². The first-order chi connectivity index (χ1) is 8.11. The van der Waals surface area contributed by atoms with Gasteiger partial charge in [0.25, 0.3) is 0 Å². The smallest absolute Gasteiger partial charge is 0.0581 e. The summed E-state index contributed by atoms with van der Waals surface area (Å²) in [5.74, 6) is 8.12. The van der Waals surface area contributed by atoms with Gasteiger partial charge in [-0.15, -0.1) is 11.3 Å². The molecule has 1 heterocycles. The summed E-state index contributed by atoms with van der Waals surface area (Å²) in [5, 5.41) is 2.13. The van der Waals surface area contributed by atoms with Gasteiger partial charge in [-0.05, 0) is 52.6 Å². The normalized spacial score (nSPS) is 31.4. The van der Waals surface area contributed by atoms with E-state index in [0.29, 0.717) is 12.0 Å². The van der Waals surface area contributed by atoms with E-state index in [1.807, 2.05) is 0 Å². The van der Waals surface area contributed by atoms with E-state index in [2.05, 4.69) is 46.6 Å². The maximum Gasteiger partial charge on any atom is 0.0581 e. The zero-order valence-corrected chi connectivity index (χ0v) is 12.9. The van der Waals surface area contributed by atoms with Crippen molar-refractivity contribution in [2.45, 2.75) is 39.2 Å². The Kier molecular flexibility index (Phi) is 4.64. The van der Waals surface area contributed by atoms with E-state index in [4.69, 9.17) is 5.84 Å². The van der Waals surface area contributed by atoms with Crippen molar-refractivity contribution < 1.29 is 0 Å². The van der Waals surface area contributed by atoms with Crippen LogP contribution in [0.2, 0.25) is 0 Å². The third-order valence-electron chi connectivity index (χ3n) is 4.18. The Morgan fingerprint density at radius 2 is 2.18 bits per heavy atom. The molecule has 0 radical (unpaired) electrons. The van der Waals surface area contributed by atoms with Gasteiger partial charge in [-0.2, -0.15) is 0 Å². The topological polar surface area (TPSA) is 38.0 Å². The van der Waals surface area contributed by atoms with Crippen LogP contribution >= 0.6 is 27.3 Å². The summed E-state index contributed by atoms with van der Waals surface area (Å²) in [6.07, 6.45) is 3.90. The molecule has 2 nitrogen and oxygen atoms in total. The van der Waals surface area contributed by atoms with E-state index in [1.54, 1.807) is 11.3 Å². The predicted octanol–water partition coefficient (Wildman–Crippen LogP) is 4.09. The largest absolute Gasteiger partial charge is 0.271 e. The highest BCUT2D eigenvalue weighted by Gasteiger charge is 2.31. The molecule has 0 bridgehead atoms. The van der Waals surface area contributed by atoms with Crippen molar-refractivity contribution in [3.05, 3.63) is 20.8 Å². The number of halogens is 1. The average molecular weight is 317 g/mol. The van der Waals surface area contributed by atoms with Crippen LogP contribution in [0.5, 0.6) is 0 Å². The van der Waals surface area contributed by atoms with Gasteiger partial charge < -0.3 is 0 Å². The Morgan fingerprint density at radius 3 is 2.71 bits per heavy atom. The molecule has 4 heteroatoms. The summed E-state index contributed by atoms with van der Waals surface area (Å²) in [6.45, 7) is 4.74. The summed E-state index contributed by atoms with van der Waals surface area (Å²) in [7, 11) is 0. The van der Waals surface area contributed by atoms with Gasteiger partial charge in [-0.25, -0.2) is 0 Å². The Bertz CT molecular complexity index is 366. The van der Waals surface area contributed by atoms with Crippen molar-refractivity contribution in [1.29, 1.82) is 0 Å². The highest BCUT2D eigenvalue weighted by molar-refractivity contribution is 9.10. The molecule has 1 aliphatic rings. The molecule has 4 atom stereocenters. The molecule has 4 unspecified atom stereocenters. The Morgan fingerprint density at radius 1 is 1.41 bits per heavy atom. The van der Waals surface area contributed by atoms with Crippen LogP contribution < -0.4 is 11.3 Å². The van der Waals surface area contributed by atoms with Crippen molar-refractivity contribution in [3.8, 4) is 0 Å². The first-order valence-corrected chi connectivity index (χ1v) is 7.99. The van der Waals surface area contributed by atoms with Crippen LogP contribution in [0.15, 0.2) is 15.9 Å². The minimum absolute atomic E-state index is 0.321. The summed E-state index contributed by atoms with van der Waals surface area (Å²) in [4.78, 5) is 1.35. The fourth-order valence-electron chi connectivity index (χ4n) is 2.83. The standard InChI is InChI=1S/C13H21BrN2S/c1-8-3-4-10(5-9(8)2)13(16-15)12-6-11(14)7-17-12/h6-10,13,16H,3-5,15H2,1-2H3. The molecule has 0 spiro atoms. The van der Waals surface area contributed by atoms with Crippen LogP contribution in [0.4, 0.5) is 0 Å². The molecule has 1 aliphatic carbocycles. The van der Waals surface area contributed by atoms with E-state index in [1.165, 1.54) is 24.1 Å². The molecule has 1 fully saturated rings. The first-order valence-electron chi connectivity index (χ1n) is 6.32. The van der Waals surface area contributed by atoms with Crippen molar-refractivity contribution in [3.63, 3.8) is 0 Å². The summed E-state index contributed by atoms with van der Waals surface area (Å²) in [6, 6.07) is 2.51. The molecular formula is C13H21BrN2S. The SMILES string of the molecule is CC1CCC(C(NN)c2cc(Br)cs2)CC1C.